The lowest BCUT2D eigenvalue weighted by Crippen LogP contribution is -2.34. The molecule has 0 radical (unpaired) electrons. The number of aromatic nitrogens is 1. The average molecular weight is 314 g/mol. The zero-order valence-corrected chi connectivity index (χ0v) is 13.1. The van der Waals surface area contributed by atoms with Gasteiger partial charge in [0.15, 0.2) is 0 Å². The molecule has 2 heterocycles. The van der Waals surface area contributed by atoms with E-state index < -0.39 is 5.60 Å². The molecule has 2 N–H and O–H groups in total. The molecule has 0 bridgehead atoms. The van der Waals surface area contributed by atoms with Crippen molar-refractivity contribution in [2.24, 2.45) is 0 Å². The first-order chi connectivity index (χ1) is 10.6. The molecule has 0 amide bonds. The molecule has 2 aromatic heterocycles. The molecule has 0 spiro atoms. The van der Waals surface area contributed by atoms with Crippen LogP contribution in [0, 0.1) is 0 Å². The molecule has 22 heavy (non-hydrogen) atoms. The highest BCUT2D eigenvalue weighted by molar-refractivity contribution is 7.13. The van der Waals surface area contributed by atoms with E-state index in [1.165, 1.54) is 0 Å². The van der Waals surface area contributed by atoms with E-state index in [-0.39, 0.29) is 0 Å². The van der Waals surface area contributed by atoms with Crippen LogP contribution in [0.5, 0.6) is 0 Å². The van der Waals surface area contributed by atoms with Gasteiger partial charge in [-0.2, -0.15) is 0 Å². The van der Waals surface area contributed by atoms with E-state index in [0.29, 0.717) is 18.8 Å². The Balaban J connectivity index is 1.58. The summed E-state index contributed by atoms with van der Waals surface area (Å²) in [6, 6.07) is 13.7. The quantitative estimate of drug-likeness (QED) is 0.732. The number of rotatable bonds is 6. The summed E-state index contributed by atoms with van der Waals surface area (Å²) >= 11 is 1.63. The zero-order valence-electron chi connectivity index (χ0n) is 12.3. The summed E-state index contributed by atoms with van der Waals surface area (Å²) in [5.74, 6) is 0.559. The predicted octanol–water partition coefficient (Wildman–Crippen LogP) is 3.40. The molecule has 0 saturated carbocycles. The van der Waals surface area contributed by atoms with Gasteiger partial charge in [-0.05, 0) is 19.1 Å². The molecule has 3 rings (SSSR count). The molecule has 0 aliphatic rings. The third kappa shape index (κ3) is 3.44. The summed E-state index contributed by atoms with van der Waals surface area (Å²) in [7, 11) is 0. The molecule has 4 nitrogen and oxygen atoms in total. The van der Waals surface area contributed by atoms with Crippen LogP contribution in [-0.2, 0) is 12.1 Å². The van der Waals surface area contributed by atoms with Crippen LogP contribution in [0.25, 0.3) is 10.6 Å². The van der Waals surface area contributed by atoms with Crippen molar-refractivity contribution >= 4 is 11.3 Å². The van der Waals surface area contributed by atoms with Crippen LogP contribution < -0.4 is 5.32 Å². The van der Waals surface area contributed by atoms with E-state index in [2.05, 4.69) is 22.4 Å². The monoisotopic (exact) mass is 314 g/mol. The summed E-state index contributed by atoms with van der Waals surface area (Å²) in [5, 5.41) is 16.6. The first-order valence-corrected chi connectivity index (χ1v) is 8.00. The van der Waals surface area contributed by atoms with Crippen LogP contribution in [-0.4, -0.2) is 16.6 Å². The Morgan fingerprint density at radius 1 is 1.23 bits per heavy atom. The fourth-order valence-corrected chi connectivity index (χ4v) is 3.03. The van der Waals surface area contributed by atoms with Gasteiger partial charge in [-0.15, -0.1) is 11.3 Å². The molecule has 0 aliphatic carbocycles. The largest absolute Gasteiger partial charge is 0.466 e. The van der Waals surface area contributed by atoms with Crippen LogP contribution in [0.3, 0.4) is 0 Å². The van der Waals surface area contributed by atoms with Crippen molar-refractivity contribution < 1.29 is 9.52 Å². The van der Waals surface area contributed by atoms with Crippen LogP contribution in [0.1, 0.15) is 18.4 Å². The van der Waals surface area contributed by atoms with Crippen molar-refractivity contribution in [1.82, 2.24) is 10.3 Å². The van der Waals surface area contributed by atoms with Crippen molar-refractivity contribution in [1.29, 1.82) is 0 Å². The summed E-state index contributed by atoms with van der Waals surface area (Å²) < 4.78 is 5.26. The predicted molar refractivity (Wildman–Crippen MR) is 87.5 cm³/mol. The maximum Gasteiger partial charge on any atom is 0.136 e. The second-order valence-electron chi connectivity index (χ2n) is 5.36. The van der Waals surface area contributed by atoms with E-state index in [4.69, 9.17) is 4.42 Å². The lowest BCUT2D eigenvalue weighted by molar-refractivity contribution is 0.0340. The number of thiazole rings is 1. The Morgan fingerprint density at radius 3 is 2.77 bits per heavy atom. The van der Waals surface area contributed by atoms with Gasteiger partial charge in [0, 0.05) is 24.0 Å². The Kier molecular flexibility index (Phi) is 4.38. The van der Waals surface area contributed by atoms with Gasteiger partial charge in [0.1, 0.15) is 16.4 Å². The Hall–Kier alpha value is -1.95. The number of hydrogen-bond donors (Lipinski definition) is 2. The number of aliphatic hydroxyl groups is 1. The van der Waals surface area contributed by atoms with Gasteiger partial charge in [0.05, 0.1) is 12.0 Å². The maximum absolute atomic E-state index is 10.4. The summed E-state index contributed by atoms with van der Waals surface area (Å²) in [6.07, 6.45) is 1.57. The van der Waals surface area contributed by atoms with Crippen molar-refractivity contribution in [3.63, 3.8) is 0 Å². The van der Waals surface area contributed by atoms with E-state index in [1.54, 1.807) is 36.7 Å². The van der Waals surface area contributed by atoms with E-state index in [1.807, 2.05) is 23.6 Å². The van der Waals surface area contributed by atoms with Crippen LogP contribution in [0.2, 0.25) is 0 Å². The topological polar surface area (TPSA) is 58.3 Å². The molecule has 3 aromatic rings. The zero-order chi connectivity index (χ0) is 15.4. The molecule has 1 unspecified atom stereocenters. The molecule has 5 heteroatoms. The highest BCUT2D eigenvalue weighted by Gasteiger charge is 2.25. The number of hydrogen-bond acceptors (Lipinski definition) is 5. The summed E-state index contributed by atoms with van der Waals surface area (Å²) in [4.78, 5) is 4.61. The standard InChI is InChI=1S/C17H18N2O2S/c1-17(20,15-8-5-9-21-15)12-18-10-14-11-22-16(19-14)13-6-3-2-4-7-13/h2-9,11,18,20H,10,12H2,1H3. The number of benzene rings is 1. The molecular weight excluding hydrogens is 296 g/mol. The van der Waals surface area contributed by atoms with Gasteiger partial charge < -0.3 is 14.8 Å². The van der Waals surface area contributed by atoms with Gasteiger partial charge in [0.25, 0.3) is 0 Å². The van der Waals surface area contributed by atoms with Crippen molar-refractivity contribution in [2.75, 3.05) is 6.54 Å². The van der Waals surface area contributed by atoms with Crippen molar-refractivity contribution in [3.05, 3.63) is 65.6 Å². The van der Waals surface area contributed by atoms with Crippen molar-refractivity contribution in [2.45, 2.75) is 19.1 Å². The van der Waals surface area contributed by atoms with Gasteiger partial charge >= 0.3 is 0 Å². The number of nitrogens with zero attached hydrogens (tertiary/aromatic N) is 1. The van der Waals surface area contributed by atoms with Crippen molar-refractivity contribution in [3.8, 4) is 10.6 Å². The average Bonchev–Trinajstić information content (AvgIpc) is 3.20. The van der Waals surface area contributed by atoms with E-state index >= 15 is 0 Å². The Labute approximate surface area is 133 Å². The lowest BCUT2D eigenvalue weighted by Gasteiger charge is -2.20. The minimum Gasteiger partial charge on any atom is -0.466 e. The third-order valence-electron chi connectivity index (χ3n) is 3.40. The van der Waals surface area contributed by atoms with Gasteiger partial charge in [-0.25, -0.2) is 4.98 Å². The fourth-order valence-electron chi connectivity index (χ4n) is 2.21. The molecule has 1 aromatic carbocycles. The second kappa shape index (κ2) is 6.44. The number of nitrogens with one attached hydrogen (secondary N) is 1. The van der Waals surface area contributed by atoms with Crippen LogP contribution in [0.15, 0.2) is 58.5 Å². The minimum absolute atomic E-state index is 0.401. The molecule has 0 aliphatic heterocycles. The van der Waals surface area contributed by atoms with E-state index in [9.17, 15) is 5.11 Å². The SMILES string of the molecule is CC(O)(CNCc1csc(-c2ccccc2)n1)c1ccco1. The lowest BCUT2D eigenvalue weighted by atomic mass is 10.0. The highest BCUT2D eigenvalue weighted by atomic mass is 32.1. The molecular formula is C17H18N2O2S. The Morgan fingerprint density at radius 2 is 2.05 bits per heavy atom. The van der Waals surface area contributed by atoms with Gasteiger partial charge in [0.2, 0.25) is 0 Å². The third-order valence-corrected chi connectivity index (χ3v) is 4.34. The summed E-state index contributed by atoms with van der Waals surface area (Å²) in [6.45, 7) is 2.74. The normalized spacial score (nSPS) is 13.9. The number of furan rings is 1. The Bertz CT molecular complexity index is 705. The molecule has 0 saturated heterocycles. The molecule has 1 atom stereocenters. The van der Waals surface area contributed by atoms with E-state index in [0.717, 1.165) is 16.3 Å². The second-order valence-corrected chi connectivity index (χ2v) is 6.22. The minimum atomic E-state index is -1.03. The molecule has 0 fully saturated rings. The van der Waals surface area contributed by atoms with Gasteiger partial charge in [-0.3, -0.25) is 0 Å². The maximum atomic E-state index is 10.4. The smallest absolute Gasteiger partial charge is 0.136 e. The molecule has 114 valence electrons. The van der Waals surface area contributed by atoms with Gasteiger partial charge in [-0.1, -0.05) is 30.3 Å². The summed E-state index contributed by atoms with van der Waals surface area (Å²) in [5.41, 5.74) is 1.07. The van der Waals surface area contributed by atoms with Crippen LogP contribution in [0.4, 0.5) is 0 Å². The first kappa shape index (κ1) is 15.0. The fraction of sp³-hybridized carbons (Fsp3) is 0.235. The van der Waals surface area contributed by atoms with Crippen LogP contribution >= 0.6 is 11.3 Å². The first-order valence-electron chi connectivity index (χ1n) is 7.12. The highest BCUT2D eigenvalue weighted by Crippen LogP contribution is 2.23.